The maximum absolute atomic E-state index is 12.4. The number of aromatic nitrogens is 1. The summed E-state index contributed by atoms with van der Waals surface area (Å²) < 4.78 is 20.3. The fourth-order valence-electron chi connectivity index (χ4n) is 1.98. The number of hydrogen-bond donors (Lipinski definition) is 1. The topological polar surface area (TPSA) is 99.9 Å². The molecule has 8 nitrogen and oxygen atoms in total. The van der Waals surface area contributed by atoms with Crippen LogP contribution in [0, 0.1) is 6.92 Å². The summed E-state index contributed by atoms with van der Waals surface area (Å²) >= 11 is 0. The van der Waals surface area contributed by atoms with Crippen molar-refractivity contribution in [2.75, 3.05) is 19.5 Å². The summed E-state index contributed by atoms with van der Waals surface area (Å²) in [7, 11) is 2.85. The molecule has 0 aliphatic carbocycles. The number of esters is 1. The van der Waals surface area contributed by atoms with Gasteiger partial charge in [0.25, 0.3) is 5.91 Å². The number of methoxy groups -OCH3 is 2. The fourth-order valence-corrected chi connectivity index (χ4v) is 1.98. The summed E-state index contributed by atoms with van der Waals surface area (Å²) in [6, 6.07) is 6.43. The van der Waals surface area contributed by atoms with Crippen molar-refractivity contribution in [3.05, 3.63) is 35.6 Å². The van der Waals surface area contributed by atoms with Crippen LogP contribution in [-0.2, 0) is 9.53 Å². The minimum Gasteiger partial charge on any atom is -0.496 e. The standard InChI is InChI=1S/C16H18N2O6/c1-9-8-13(18-24-9)17-15(19)10(2)23-16(20)14-11(21-3)6-5-7-12(14)22-4/h5-8,10H,1-4H3,(H,17,18,19)/t10-/m1/s1. The van der Waals surface area contributed by atoms with E-state index in [2.05, 4.69) is 10.5 Å². The van der Waals surface area contributed by atoms with Crippen LogP contribution in [0.3, 0.4) is 0 Å². The molecule has 0 fully saturated rings. The van der Waals surface area contributed by atoms with E-state index in [-0.39, 0.29) is 11.4 Å². The van der Waals surface area contributed by atoms with Crippen LogP contribution in [0.1, 0.15) is 23.0 Å². The first kappa shape index (κ1) is 17.3. The third kappa shape index (κ3) is 3.83. The smallest absolute Gasteiger partial charge is 0.346 e. The Balaban J connectivity index is 2.10. The number of benzene rings is 1. The largest absolute Gasteiger partial charge is 0.496 e. The van der Waals surface area contributed by atoms with Crippen molar-refractivity contribution in [2.24, 2.45) is 0 Å². The Kier molecular flexibility index (Phi) is 5.41. The average molecular weight is 334 g/mol. The molecule has 8 heteroatoms. The van der Waals surface area contributed by atoms with E-state index < -0.39 is 18.0 Å². The molecule has 1 N–H and O–H groups in total. The van der Waals surface area contributed by atoms with Gasteiger partial charge in [0.2, 0.25) is 0 Å². The number of ether oxygens (including phenoxy) is 3. The Morgan fingerprint density at radius 2 is 1.83 bits per heavy atom. The molecule has 1 aromatic heterocycles. The van der Waals surface area contributed by atoms with Crippen molar-refractivity contribution >= 4 is 17.7 Å². The highest BCUT2D eigenvalue weighted by Gasteiger charge is 2.25. The van der Waals surface area contributed by atoms with E-state index in [0.717, 1.165) is 0 Å². The Labute approximate surface area is 138 Å². The van der Waals surface area contributed by atoms with Crippen molar-refractivity contribution in [3.8, 4) is 11.5 Å². The van der Waals surface area contributed by atoms with Crippen LogP contribution >= 0.6 is 0 Å². The fraction of sp³-hybridized carbons (Fsp3) is 0.312. The van der Waals surface area contributed by atoms with Crippen LogP contribution in [0.15, 0.2) is 28.8 Å². The minimum atomic E-state index is -1.05. The molecule has 2 aromatic rings. The second kappa shape index (κ2) is 7.49. The Hall–Kier alpha value is -3.03. The van der Waals surface area contributed by atoms with Crippen LogP contribution < -0.4 is 14.8 Å². The highest BCUT2D eigenvalue weighted by molar-refractivity contribution is 5.99. The molecule has 2 rings (SSSR count). The van der Waals surface area contributed by atoms with Gasteiger partial charge in [0.15, 0.2) is 11.9 Å². The second-order valence-electron chi connectivity index (χ2n) is 4.90. The van der Waals surface area contributed by atoms with Gasteiger partial charge in [-0.2, -0.15) is 0 Å². The van der Waals surface area contributed by atoms with Crippen LogP contribution in [0.2, 0.25) is 0 Å². The van der Waals surface area contributed by atoms with Crippen molar-refractivity contribution in [1.29, 1.82) is 0 Å². The van der Waals surface area contributed by atoms with Gasteiger partial charge in [-0.3, -0.25) is 4.79 Å². The molecule has 1 atom stereocenters. The number of anilines is 1. The van der Waals surface area contributed by atoms with E-state index >= 15 is 0 Å². The van der Waals surface area contributed by atoms with Gasteiger partial charge in [-0.25, -0.2) is 4.79 Å². The summed E-state index contributed by atoms with van der Waals surface area (Å²) in [5.74, 6) is 0.107. The molecule has 0 saturated heterocycles. The third-order valence-corrected chi connectivity index (χ3v) is 3.16. The van der Waals surface area contributed by atoms with Gasteiger partial charge in [-0.05, 0) is 26.0 Å². The molecule has 1 heterocycles. The maximum Gasteiger partial charge on any atom is 0.346 e. The first-order valence-corrected chi connectivity index (χ1v) is 7.12. The lowest BCUT2D eigenvalue weighted by atomic mass is 10.1. The predicted octanol–water partition coefficient (Wildman–Crippen LogP) is 2.18. The van der Waals surface area contributed by atoms with Gasteiger partial charge in [-0.1, -0.05) is 11.2 Å². The van der Waals surface area contributed by atoms with E-state index in [1.54, 1.807) is 31.2 Å². The molecule has 0 radical (unpaired) electrons. The van der Waals surface area contributed by atoms with Gasteiger partial charge in [-0.15, -0.1) is 0 Å². The van der Waals surface area contributed by atoms with Crippen LogP contribution in [0.4, 0.5) is 5.82 Å². The number of carbonyl (C=O) groups excluding carboxylic acids is 2. The Morgan fingerprint density at radius 3 is 2.33 bits per heavy atom. The summed E-state index contributed by atoms with van der Waals surface area (Å²) in [5.41, 5.74) is 0.111. The highest BCUT2D eigenvalue weighted by atomic mass is 16.6. The minimum absolute atomic E-state index is 0.111. The van der Waals surface area contributed by atoms with Gasteiger partial charge >= 0.3 is 5.97 Å². The molecule has 1 amide bonds. The van der Waals surface area contributed by atoms with E-state index in [1.165, 1.54) is 21.1 Å². The van der Waals surface area contributed by atoms with Gasteiger partial charge in [0.1, 0.15) is 22.8 Å². The summed E-state index contributed by atoms with van der Waals surface area (Å²) in [6.45, 7) is 3.14. The Bertz CT molecular complexity index is 718. The number of nitrogens with one attached hydrogen (secondary N) is 1. The summed E-state index contributed by atoms with van der Waals surface area (Å²) in [6.07, 6.45) is -1.05. The van der Waals surface area contributed by atoms with Gasteiger partial charge in [0, 0.05) is 6.07 Å². The zero-order valence-corrected chi connectivity index (χ0v) is 13.8. The molecule has 0 bridgehead atoms. The van der Waals surface area contributed by atoms with E-state index in [0.29, 0.717) is 17.3 Å². The number of hydrogen-bond acceptors (Lipinski definition) is 7. The zero-order valence-electron chi connectivity index (χ0n) is 13.8. The lowest BCUT2D eigenvalue weighted by Crippen LogP contribution is -2.30. The normalized spacial score (nSPS) is 11.5. The lowest BCUT2D eigenvalue weighted by Gasteiger charge is -2.15. The average Bonchev–Trinajstić information content (AvgIpc) is 2.98. The molecule has 0 unspecified atom stereocenters. The van der Waals surface area contributed by atoms with Gasteiger partial charge < -0.3 is 24.1 Å². The van der Waals surface area contributed by atoms with Gasteiger partial charge in [0.05, 0.1) is 14.2 Å². The Morgan fingerprint density at radius 1 is 1.21 bits per heavy atom. The van der Waals surface area contributed by atoms with Crippen molar-refractivity contribution in [2.45, 2.75) is 20.0 Å². The number of nitrogens with zero attached hydrogens (tertiary/aromatic N) is 1. The summed E-state index contributed by atoms with van der Waals surface area (Å²) in [4.78, 5) is 24.4. The molecular weight excluding hydrogens is 316 g/mol. The molecular formula is C16H18N2O6. The first-order chi connectivity index (χ1) is 11.5. The SMILES string of the molecule is COc1cccc(OC)c1C(=O)O[C@H](C)C(=O)Nc1cc(C)on1. The third-order valence-electron chi connectivity index (χ3n) is 3.16. The first-order valence-electron chi connectivity index (χ1n) is 7.12. The number of amides is 1. The zero-order chi connectivity index (χ0) is 17.7. The molecule has 0 spiro atoms. The molecule has 1 aromatic carbocycles. The number of carbonyl (C=O) groups is 2. The van der Waals surface area contributed by atoms with Crippen molar-refractivity contribution < 1.29 is 28.3 Å². The number of rotatable bonds is 6. The quantitative estimate of drug-likeness (QED) is 0.808. The van der Waals surface area contributed by atoms with Crippen LogP contribution in [0.5, 0.6) is 11.5 Å². The monoisotopic (exact) mass is 334 g/mol. The maximum atomic E-state index is 12.4. The summed E-state index contributed by atoms with van der Waals surface area (Å²) in [5, 5.41) is 6.14. The number of aryl methyl sites for hydroxylation is 1. The highest BCUT2D eigenvalue weighted by Crippen LogP contribution is 2.29. The lowest BCUT2D eigenvalue weighted by molar-refractivity contribution is -0.123. The van der Waals surface area contributed by atoms with E-state index in [9.17, 15) is 9.59 Å². The van der Waals surface area contributed by atoms with Crippen LogP contribution in [0.25, 0.3) is 0 Å². The van der Waals surface area contributed by atoms with Crippen molar-refractivity contribution in [3.63, 3.8) is 0 Å². The van der Waals surface area contributed by atoms with E-state index in [1.807, 2.05) is 0 Å². The molecule has 128 valence electrons. The second-order valence-corrected chi connectivity index (χ2v) is 4.90. The van der Waals surface area contributed by atoms with Crippen molar-refractivity contribution in [1.82, 2.24) is 5.16 Å². The molecule has 0 aliphatic rings. The van der Waals surface area contributed by atoms with Crippen LogP contribution in [-0.4, -0.2) is 37.4 Å². The predicted molar refractivity (Wildman–Crippen MR) is 84.3 cm³/mol. The molecule has 0 aliphatic heterocycles. The molecule has 0 saturated carbocycles. The molecule has 24 heavy (non-hydrogen) atoms. The van der Waals surface area contributed by atoms with E-state index in [4.69, 9.17) is 18.7 Å².